The van der Waals surface area contributed by atoms with Crippen LogP contribution in [0.5, 0.6) is 5.75 Å². The first-order valence-corrected chi connectivity index (χ1v) is 11.3. The number of benzene rings is 1. The number of rotatable bonds is 10. The standard InChI is InChI=1S/C21H25N3O2S2/c1-3-26-18-9-7-16(8-10-18)21-24-17(14-28-21)12-19(25)22-11-5-4-6-20-23-15(2)13-27-20/h7-10,13-14H,3-6,11-12H2,1-2H3,(H,22,25). The number of ether oxygens (including phenoxy) is 1. The highest BCUT2D eigenvalue weighted by Crippen LogP contribution is 2.26. The Morgan fingerprint density at radius 3 is 2.64 bits per heavy atom. The summed E-state index contributed by atoms with van der Waals surface area (Å²) in [5.74, 6) is 0.876. The lowest BCUT2D eigenvalue weighted by atomic mass is 10.2. The molecule has 0 bridgehead atoms. The van der Waals surface area contributed by atoms with E-state index >= 15 is 0 Å². The number of carbonyl (C=O) groups excluding carboxylic acids is 1. The number of hydrogen-bond donors (Lipinski definition) is 1. The predicted molar refractivity (Wildman–Crippen MR) is 115 cm³/mol. The summed E-state index contributed by atoms with van der Waals surface area (Å²) in [7, 11) is 0. The van der Waals surface area contributed by atoms with Crippen LogP contribution in [-0.4, -0.2) is 29.0 Å². The third-order valence-corrected chi connectivity index (χ3v) is 6.08. The molecule has 0 saturated heterocycles. The van der Waals surface area contributed by atoms with E-state index in [0.717, 1.165) is 47.0 Å². The van der Waals surface area contributed by atoms with Gasteiger partial charge >= 0.3 is 0 Å². The molecule has 0 aliphatic carbocycles. The van der Waals surface area contributed by atoms with Crippen LogP contribution in [0.2, 0.25) is 0 Å². The van der Waals surface area contributed by atoms with Crippen molar-refractivity contribution in [1.82, 2.24) is 15.3 Å². The summed E-state index contributed by atoms with van der Waals surface area (Å²) < 4.78 is 5.46. The molecule has 0 fully saturated rings. The number of aryl methyl sites for hydroxylation is 2. The number of nitrogens with one attached hydrogen (secondary N) is 1. The van der Waals surface area contributed by atoms with Gasteiger partial charge in [-0.25, -0.2) is 9.97 Å². The van der Waals surface area contributed by atoms with Crippen LogP contribution in [0.4, 0.5) is 0 Å². The zero-order valence-electron chi connectivity index (χ0n) is 16.2. The van der Waals surface area contributed by atoms with Crippen molar-refractivity contribution in [2.45, 2.75) is 39.5 Å². The van der Waals surface area contributed by atoms with Crippen LogP contribution >= 0.6 is 22.7 Å². The van der Waals surface area contributed by atoms with Crippen molar-refractivity contribution in [3.8, 4) is 16.3 Å². The molecule has 2 heterocycles. The van der Waals surface area contributed by atoms with E-state index in [-0.39, 0.29) is 5.91 Å². The minimum absolute atomic E-state index is 0.0219. The minimum atomic E-state index is 0.0219. The highest BCUT2D eigenvalue weighted by molar-refractivity contribution is 7.13. The van der Waals surface area contributed by atoms with Gasteiger partial charge in [-0.3, -0.25) is 4.79 Å². The fourth-order valence-electron chi connectivity index (χ4n) is 2.75. The first-order valence-electron chi connectivity index (χ1n) is 9.49. The van der Waals surface area contributed by atoms with E-state index in [2.05, 4.69) is 20.7 Å². The summed E-state index contributed by atoms with van der Waals surface area (Å²) in [5.41, 5.74) is 2.93. The predicted octanol–water partition coefficient (Wildman–Crippen LogP) is 4.66. The Bertz CT molecular complexity index is 887. The lowest BCUT2D eigenvalue weighted by molar-refractivity contribution is -0.120. The molecule has 0 radical (unpaired) electrons. The van der Waals surface area contributed by atoms with Gasteiger partial charge in [0.1, 0.15) is 10.8 Å². The van der Waals surface area contributed by atoms with Gasteiger partial charge in [-0.1, -0.05) is 0 Å². The maximum absolute atomic E-state index is 12.1. The second-order valence-corrected chi connectivity index (χ2v) is 8.27. The van der Waals surface area contributed by atoms with E-state index in [4.69, 9.17) is 4.74 Å². The highest BCUT2D eigenvalue weighted by Gasteiger charge is 2.09. The SMILES string of the molecule is CCOc1ccc(-c2nc(CC(=O)NCCCCc3nc(C)cs3)cs2)cc1. The van der Waals surface area contributed by atoms with E-state index < -0.39 is 0 Å². The summed E-state index contributed by atoms with van der Waals surface area (Å²) in [4.78, 5) is 21.2. The topological polar surface area (TPSA) is 64.1 Å². The molecule has 148 valence electrons. The van der Waals surface area contributed by atoms with E-state index in [0.29, 0.717) is 19.6 Å². The average Bonchev–Trinajstić information content (AvgIpc) is 3.31. The molecule has 0 spiro atoms. The van der Waals surface area contributed by atoms with E-state index in [1.807, 2.05) is 43.5 Å². The van der Waals surface area contributed by atoms with Crippen LogP contribution < -0.4 is 10.1 Å². The molecule has 7 heteroatoms. The molecule has 2 aromatic heterocycles. The number of hydrogen-bond acceptors (Lipinski definition) is 6. The van der Waals surface area contributed by atoms with Crippen LogP contribution in [0.1, 0.15) is 36.2 Å². The summed E-state index contributed by atoms with van der Waals surface area (Å²) in [5, 5.41) is 9.11. The zero-order valence-corrected chi connectivity index (χ0v) is 17.9. The van der Waals surface area contributed by atoms with Crippen LogP contribution in [0.25, 0.3) is 10.6 Å². The lowest BCUT2D eigenvalue weighted by Gasteiger charge is -2.04. The number of nitrogens with zero attached hydrogens (tertiary/aromatic N) is 2. The molecule has 3 aromatic rings. The Kier molecular flexibility index (Phi) is 7.56. The van der Waals surface area contributed by atoms with E-state index in [1.165, 1.54) is 5.01 Å². The molecule has 28 heavy (non-hydrogen) atoms. The molecule has 5 nitrogen and oxygen atoms in total. The normalized spacial score (nSPS) is 10.8. The fraction of sp³-hybridized carbons (Fsp3) is 0.381. The number of aromatic nitrogens is 2. The molecule has 0 unspecified atom stereocenters. The molecule has 0 aliphatic rings. The Morgan fingerprint density at radius 1 is 1.11 bits per heavy atom. The van der Waals surface area contributed by atoms with Gasteiger partial charge in [0, 0.05) is 28.6 Å². The quantitative estimate of drug-likeness (QED) is 0.489. The second kappa shape index (κ2) is 10.3. The maximum Gasteiger partial charge on any atom is 0.226 e. The van der Waals surface area contributed by atoms with Crippen molar-refractivity contribution in [3.63, 3.8) is 0 Å². The Hall–Kier alpha value is -2.25. The van der Waals surface area contributed by atoms with Gasteiger partial charge in [-0.2, -0.15) is 0 Å². The smallest absolute Gasteiger partial charge is 0.226 e. The number of unbranched alkanes of at least 4 members (excludes halogenated alkanes) is 1. The molecule has 0 atom stereocenters. The van der Waals surface area contributed by atoms with Crippen LogP contribution in [0, 0.1) is 6.92 Å². The molecule has 1 amide bonds. The Balaban J connectivity index is 1.39. The fourth-order valence-corrected chi connectivity index (χ4v) is 4.40. The third kappa shape index (κ3) is 6.14. The summed E-state index contributed by atoms with van der Waals surface area (Å²) in [6.07, 6.45) is 3.29. The number of amides is 1. The monoisotopic (exact) mass is 415 g/mol. The van der Waals surface area contributed by atoms with Crippen LogP contribution in [0.15, 0.2) is 35.0 Å². The zero-order chi connectivity index (χ0) is 19.8. The molecule has 0 saturated carbocycles. The van der Waals surface area contributed by atoms with Gasteiger partial charge in [0.15, 0.2) is 0 Å². The second-order valence-electron chi connectivity index (χ2n) is 6.47. The van der Waals surface area contributed by atoms with Gasteiger partial charge in [-0.05, 0) is 57.4 Å². The third-order valence-electron chi connectivity index (χ3n) is 4.11. The van der Waals surface area contributed by atoms with Gasteiger partial charge in [0.05, 0.1) is 23.7 Å². The molecule has 1 N–H and O–H groups in total. The van der Waals surface area contributed by atoms with E-state index in [9.17, 15) is 4.79 Å². The highest BCUT2D eigenvalue weighted by atomic mass is 32.1. The van der Waals surface area contributed by atoms with Gasteiger partial charge in [-0.15, -0.1) is 22.7 Å². The Labute approximate surface area is 173 Å². The van der Waals surface area contributed by atoms with Crippen LogP contribution in [0.3, 0.4) is 0 Å². The van der Waals surface area contributed by atoms with Crippen molar-refractivity contribution < 1.29 is 9.53 Å². The molecular formula is C21H25N3O2S2. The number of carbonyl (C=O) groups is 1. The van der Waals surface area contributed by atoms with Crippen molar-refractivity contribution in [3.05, 3.63) is 51.4 Å². The van der Waals surface area contributed by atoms with Crippen molar-refractivity contribution >= 4 is 28.6 Å². The Morgan fingerprint density at radius 2 is 1.93 bits per heavy atom. The number of thiazole rings is 2. The average molecular weight is 416 g/mol. The summed E-state index contributed by atoms with van der Waals surface area (Å²) in [6.45, 7) is 5.33. The molecule has 1 aromatic carbocycles. The first-order chi connectivity index (χ1) is 13.6. The summed E-state index contributed by atoms with van der Waals surface area (Å²) >= 11 is 3.26. The van der Waals surface area contributed by atoms with Gasteiger partial charge in [0.25, 0.3) is 0 Å². The lowest BCUT2D eigenvalue weighted by Crippen LogP contribution is -2.26. The van der Waals surface area contributed by atoms with Crippen molar-refractivity contribution in [2.75, 3.05) is 13.2 Å². The van der Waals surface area contributed by atoms with Crippen LogP contribution in [-0.2, 0) is 17.6 Å². The molecular weight excluding hydrogens is 390 g/mol. The molecule has 3 rings (SSSR count). The maximum atomic E-state index is 12.1. The summed E-state index contributed by atoms with van der Waals surface area (Å²) in [6, 6.07) is 7.88. The largest absolute Gasteiger partial charge is 0.494 e. The molecule has 0 aliphatic heterocycles. The minimum Gasteiger partial charge on any atom is -0.494 e. The van der Waals surface area contributed by atoms with Gasteiger partial charge in [0.2, 0.25) is 5.91 Å². The van der Waals surface area contributed by atoms with Crippen molar-refractivity contribution in [2.24, 2.45) is 0 Å². The van der Waals surface area contributed by atoms with Crippen molar-refractivity contribution in [1.29, 1.82) is 0 Å². The van der Waals surface area contributed by atoms with Gasteiger partial charge < -0.3 is 10.1 Å². The van der Waals surface area contributed by atoms with E-state index in [1.54, 1.807) is 22.7 Å². The first kappa shape index (κ1) is 20.5.